The molecule has 6 heteroatoms. The Kier molecular flexibility index (Phi) is 2.58. The summed E-state index contributed by atoms with van der Waals surface area (Å²) in [6.07, 6.45) is 0. The van der Waals surface area contributed by atoms with E-state index in [1.807, 2.05) is 0 Å². The van der Waals surface area contributed by atoms with Gasteiger partial charge < -0.3 is 9.84 Å². The number of azo groups is 1. The molecule has 0 bridgehead atoms. The zero-order valence-electron chi connectivity index (χ0n) is 5.74. The van der Waals surface area contributed by atoms with Crippen LogP contribution in [-0.4, -0.2) is 11.4 Å². The highest BCUT2D eigenvalue weighted by Crippen LogP contribution is 2.14. The summed E-state index contributed by atoms with van der Waals surface area (Å²) in [6, 6.07) is 0. The van der Waals surface area contributed by atoms with Crippen LogP contribution < -0.4 is 5.11 Å². The monoisotopic (exact) mass is 218 g/mol. The summed E-state index contributed by atoms with van der Waals surface area (Å²) in [5.74, 6) is -0.565. The molecule has 0 aliphatic carbocycles. The molecule has 1 heterocycles. The van der Waals surface area contributed by atoms with Gasteiger partial charge in [0.25, 0.3) is 0 Å². The molecule has 0 atom stereocenters. The third-order valence-corrected chi connectivity index (χ3v) is 1.22. The number of rotatable bonds is 2. The summed E-state index contributed by atoms with van der Waals surface area (Å²) in [4.78, 5) is 3.65. The zero-order valence-corrected chi connectivity index (χ0v) is 7.33. The van der Waals surface area contributed by atoms with E-state index in [1.165, 1.54) is 0 Å². The molecule has 0 spiro atoms. The topological polar surface area (TPSA) is 69.4 Å². The maximum Gasteiger partial charge on any atom is 0.220 e. The van der Waals surface area contributed by atoms with Gasteiger partial charge in [-0.3, -0.25) is 0 Å². The molecule has 0 unspecified atom stereocenters. The molecule has 60 valence electrons. The quantitative estimate of drug-likeness (QED) is 0.507. The lowest BCUT2D eigenvalue weighted by Gasteiger charge is -2.11. The summed E-state index contributed by atoms with van der Waals surface area (Å²) in [5, 5.41) is 17.8. The Bertz CT molecular complexity index is 246. The average Bonchev–Trinajstić information content (AvgIpc) is 2.36. The lowest BCUT2D eigenvalue weighted by molar-refractivity contribution is -0.358. The maximum atomic E-state index is 10.8. The second kappa shape index (κ2) is 3.47. The van der Waals surface area contributed by atoms with Crippen molar-refractivity contribution in [3.05, 3.63) is 11.8 Å². The van der Waals surface area contributed by atoms with E-state index in [-0.39, 0.29) is 5.82 Å². The van der Waals surface area contributed by atoms with Crippen LogP contribution in [0.5, 0.6) is 0 Å². The van der Waals surface area contributed by atoms with Crippen molar-refractivity contribution in [1.82, 2.24) is 0 Å². The third-order valence-electron chi connectivity index (χ3n) is 0.883. The summed E-state index contributed by atoms with van der Waals surface area (Å²) in [6.45, 7) is 2.02. The molecular formula is C5H5BrN3O2-. The van der Waals surface area contributed by atoms with E-state index in [0.29, 0.717) is 11.4 Å². The van der Waals surface area contributed by atoms with E-state index >= 15 is 0 Å². The van der Waals surface area contributed by atoms with Gasteiger partial charge in [-0.2, -0.15) is 4.99 Å². The number of amidine groups is 1. The van der Waals surface area contributed by atoms with Crippen LogP contribution in [0.1, 0.15) is 6.92 Å². The van der Waals surface area contributed by atoms with Crippen molar-refractivity contribution in [3.63, 3.8) is 0 Å². The van der Waals surface area contributed by atoms with Crippen molar-refractivity contribution in [1.29, 1.82) is 0 Å². The molecule has 0 aromatic rings. The minimum Gasteiger partial charge on any atom is -0.611 e. The normalized spacial score (nSPS) is 20.0. The Morgan fingerprint density at radius 2 is 2.36 bits per heavy atom. The molecule has 0 aromatic heterocycles. The van der Waals surface area contributed by atoms with Gasteiger partial charge >= 0.3 is 0 Å². The van der Waals surface area contributed by atoms with Crippen LogP contribution in [0.4, 0.5) is 0 Å². The largest absolute Gasteiger partial charge is 0.611 e. The standard InChI is InChI=1S/C5H6BrN3O2/c1-2-11-4(10)3-7-5(6)9-8-3/h10H,2H2,1H3/p-1. The van der Waals surface area contributed by atoms with Crippen molar-refractivity contribution in [2.24, 2.45) is 15.2 Å². The van der Waals surface area contributed by atoms with Gasteiger partial charge in [-0.25, -0.2) is 0 Å². The van der Waals surface area contributed by atoms with Crippen LogP contribution in [0.2, 0.25) is 0 Å². The molecule has 0 N–H and O–H groups in total. The molecule has 11 heavy (non-hydrogen) atoms. The van der Waals surface area contributed by atoms with Crippen LogP contribution in [0.3, 0.4) is 0 Å². The first-order valence-electron chi connectivity index (χ1n) is 2.94. The Morgan fingerprint density at radius 3 is 2.82 bits per heavy atom. The lowest BCUT2D eigenvalue weighted by Crippen LogP contribution is -2.09. The second-order valence-corrected chi connectivity index (χ2v) is 2.33. The molecule has 0 aromatic carbocycles. The highest BCUT2D eigenvalue weighted by atomic mass is 79.9. The maximum absolute atomic E-state index is 10.8. The minimum atomic E-state index is -0.550. The smallest absolute Gasteiger partial charge is 0.220 e. The van der Waals surface area contributed by atoms with Crippen molar-refractivity contribution >= 4 is 20.7 Å². The predicted octanol–water partition coefficient (Wildman–Crippen LogP) is 0.727. The number of hydrogen-bond acceptors (Lipinski definition) is 5. The van der Waals surface area contributed by atoms with Gasteiger partial charge in [-0.05, 0) is 22.5 Å². The predicted molar refractivity (Wildman–Crippen MR) is 39.9 cm³/mol. The highest BCUT2D eigenvalue weighted by Gasteiger charge is 2.04. The van der Waals surface area contributed by atoms with Gasteiger partial charge in [-0.1, -0.05) is 6.92 Å². The van der Waals surface area contributed by atoms with Gasteiger partial charge in [0.1, 0.15) is 0 Å². The Morgan fingerprint density at radius 1 is 1.64 bits per heavy atom. The van der Waals surface area contributed by atoms with Gasteiger partial charge in [0.15, 0.2) is 5.82 Å². The Hall–Kier alpha value is -0.910. The average molecular weight is 219 g/mol. The lowest BCUT2D eigenvalue weighted by atomic mass is 10.7. The number of nitrogens with zero attached hydrogens (tertiary/aromatic N) is 3. The van der Waals surface area contributed by atoms with Crippen molar-refractivity contribution < 1.29 is 9.84 Å². The van der Waals surface area contributed by atoms with Crippen LogP contribution in [0, 0.1) is 0 Å². The third kappa shape index (κ3) is 2.01. The van der Waals surface area contributed by atoms with E-state index in [4.69, 9.17) is 0 Å². The fourth-order valence-corrected chi connectivity index (χ4v) is 0.750. The van der Waals surface area contributed by atoms with Crippen molar-refractivity contribution in [2.75, 3.05) is 6.61 Å². The van der Waals surface area contributed by atoms with E-state index in [2.05, 4.69) is 35.9 Å². The van der Waals surface area contributed by atoms with Crippen LogP contribution in [-0.2, 0) is 4.74 Å². The summed E-state index contributed by atoms with van der Waals surface area (Å²) >= 11 is 2.96. The van der Waals surface area contributed by atoms with Gasteiger partial charge in [0, 0.05) is 0 Å². The molecule has 1 rings (SSSR count). The fourth-order valence-electron chi connectivity index (χ4n) is 0.503. The summed E-state index contributed by atoms with van der Waals surface area (Å²) in [5.41, 5.74) is 0. The number of halogens is 1. The fraction of sp³-hybridized carbons (Fsp3) is 0.400. The minimum absolute atomic E-state index is 0.0151. The summed E-state index contributed by atoms with van der Waals surface area (Å²) < 4.78 is 4.91. The number of aliphatic imine (C=N–C) groups is 1. The van der Waals surface area contributed by atoms with E-state index in [9.17, 15) is 5.11 Å². The first kappa shape index (κ1) is 8.19. The molecule has 0 amide bonds. The van der Waals surface area contributed by atoms with E-state index in [0.717, 1.165) is 0 Å². The van der Waals surface area contributed by atoms with Crippen molar-refractivity contribution in [3.8, 4) is 0 Å². The molecule has 0 saturated heterocycles. The van der Waals surface area contributed by atoms with E-state index < -0.39 is 5.95 Å². The van der Waals surface area contributed by atoms with E-state index in [1.54, 1.807) is 6.92 Å². The van der Waals surface area contributed by atoms with Crippen molar-refractivity contribution in [2.45, 2.75) is 6.92 Å². The Balaban J connectivity index is 2.74. The Labute approximate surface area is 71.6 Å². The zero-order chi connectivity index (χ0) is 8.27. The van der Waals surface area contributed by atoms with Gasteiger partial charge in [-0.15, -0.1) is 10.2 Å². The van der Waals surface area contributed by atoms with Crippen LogP contribution in [0.25, 0.3) is 0 Å². The highest BCUT2D eigenvalue weighted by molar-refractivity contribution is 9.18. The molecule has 1 aliphatic rings. The van der Waals surface area contributed by atoms with Gasteiger partial charge in [0.05, 0.1) is 5.95 Å². The van der Waals surface area contributed by atoms with Crippen LogP contribution in [0.15, 0.2) is 27.0 Å². The molecule has 0 radical (unpaired) electrons. The second-order valence-electron chi connectivity index (χ2n) is 1.62. The first-order valence-corrected chi connectivity index (χ1v) is 3.73. The molecule has 5 nitrogen and oxygen atoms in total. The number of ether oxygens (including phenoxy) is 1. The molecule has 0 saturated carbocycles. The summed E-state index contributed by atoms with van der Waals surface area (Å²) in [7, 11) is 0. The van der Waals surface area contributed by atoms with Gasteiger partial charge in [0.2, 0.25) is 4.74 Å². The van der Waals surface area contributed by atoms with Crippen LogP contribution >= 0.6 is 15.9 Å². The molecule has 0 fully saturated rings. The SMILES string of the molecule is CCOC([O-])=C1N=NC(Br)=N1. The molecule has 1 aliphatic heterocycles. The number of hydrogen-bond donors (Lipinski definition) is 0. The molecular weight excluding hydrogens is 214 g/mol. The first-order chi connectivity index (χ1) is 5.24.